The minimum Gasteiger partial charge on any atom is -0.259 e. The zero-order chi connectivity index (χ0) is 5.70. The highest BCUT2D eigenvalue weighted by Crippen LogP contribution is 1.77. The van der Waals surface area contributed by atoms with Crippen LogP contribution in [0, 0.1) is 10.1 Å². The highest BCUT2D eigenvalue weighted by Gasteiger charge is 1.77. The van der Waals surface area contributed by atoms with Gasteiger partial charge in [0.15, 0.2) is 0 Å². The molecule has 0 amide bonds. The lowest BCUT2D eigenvalue weighted by Crippen LogP contribution is -1.80. The van der Waals surface area contributed by atoms with E-state index in [9.17, 15) is 10.1 Å². The van der Waals surface area contributed by atoms with E-state index in [1.165, 1.54) is 6.08 Å². The van der Waals surface area contributed by atoms with E-state index in [1.54, 1.807) is 0 Å². The number of hydrogen-bond acceptors (Lipinski definition) is 2. The van der Waals surface area contributed by atoms with Gasteiger partial charge in [-0.15, -0.1) is 0 Å². The van der Waals surface area contributed by atoms with Crippen LogP contribution in [0.1, 0.15) is 20.8 Å². The van der Waals surface area contributed by atoms with Gasteiger partial charge >= 0.3 is 0 Å². The molecular weight excluding hydrogens is 106 g/mol. The van der Waals surface area contributed by atoms with E-state index in [2.05, 4.69) is 0 Å². The summed E-state index contributed by atoms with van der Waals surface area (Å²) >= 11 is 0. The van der Waals surface area contributed by atoms with Crippen LogP contribution in [0.3, 0.4) is 0 Å². The molecule has 0 unspecified atom stereocenters. The Morgan fingerprint density at radius 1 is 1.75 bits per heavy atom. The normalized spacial score (nSPS) is 8.62. The molecule has 0 spiro atoms. The lowest BCUT2D eigenvalue weighted by molar-refractivity contribution is -0.402. The molecule has 0 heterocycles. The maximum absolute atomic E-state index is 9.48. The quantitative estimate of drug-likeness (QED) is 0.409. The van der Waals surface area contributed by atoms with Crippen LogP contribution in [-0.4, -0.2) is 4.92 Å². The predicted octanol–water partition coefficient (Wildman–Crippen LogP) is 1.82. The SMILES string of the molecule is C.CCC=C[N+](=O)[O-]. The Morgan fingerprint density at radius 2 is 2.25 bits per heavy atom. The molecule has 0 fully saturated rings. The molecule has 0 aliphatic carbocycles. The number of nitro groups is 1. The largest absolute Gasteiger partial charge is 0.259 e. The van der Waals surface area contributed by atoms with Crippen LogP contribution < -0.4 is 0 Å². The molecule has 0 bridgehead atoms. The molecule has 0 aliphatic rings. The zero-order valence-electron chi connectivity index (χ0n) is 4.13. The maximum atomic E-state index is 9.48. The first-order valence-electron chi connectivity index (χ1n) is 2.07. The summed E-state index contributed by atoms with van der Waals surface area (Å²) in [5.41, 5.74) is 0. The van der Waals surface area contributed by atoms with Gasteiger partial charge in [0.05, 0.1) is 4.92 Å². The third-order valence-electron chi connectivity index (χ3n) is 0.463. The predicted molar refractivity (Wildman–Crippen MR) is 33.2 cm³/mol. The van der Waals surface area contributed by atoms with Crippen molar-refractivity contribution in [2.24, 2.45) is 0 Å². The van der Waals surface area contributed by atoms with Crippen LogP contribution in [0.4, 0.5) is 0 Å². The molecule has 0 aromatic rings. The van der Waals surface area contributed by atoms with Gasteiger partial charge in [0.2, 0.25) is 6.20 Å². The van der Waals surface area contributed by atoms with Gasteiger partial charge in [0.1, 0.15) is 0 Å². The zero-order valence-corrected chi connectivity index (χ0v) is 4.13. The van der Waals surface area contributed by atoms with Gasteiger partial charge in [-0.1, -0.05) is 14.4 Å². The molecular formula is C5H11NO2. The van der Waals surface area contributed by atoms with E-state index < -0.39 is 4.92 Å². The van der Waals surface area contributed by atoms with Crippen LogP contribution in [-0.2, 0) is 0 Å². The standard InChI is InChI=1S/C4H7NO2.CH4/c1-2-3-4-5(6)7;/h3-4H,2H2,1H3;1H4. The summed E-state index contributed by atoms with van der Waals surface area (Å²) in [6.07, 6.45) is 3.17. The third kappa shape index (κ3) is 8.94. The average Bonchev–Trinajstić information content (AvgIpc) is 1.61. The van der Waals surface area contributed by atoms with Crippen molar-refractivity contribution in [2.45, 2.75) is 20.8 Å². The Labute approximate surface area is 49.2 Å². The van der Waals surface area contributed by atoms with E-state index >= 15 is 0 Å². The van der Waals surface area contributed by atoms with Crippen LogP contribution in [0.25, 0.3) is 0 Å². The molecule has 0 radical (unpaired) electrons. The summed E-state index contributed by atoms with van der Waals surface area (Å²) in [6, 6.07) is 0. The molecule has 48 valence electrons. The summed E-state index contributed by atoms with van der Waals surface area (Å²) in [5, 5.41) is 9.48. The van der Waals surface area contributed by atoms with Crippen LogP contribution in [0.15, 0.2) is 12.3 Å². The fourth-order valence-electron chi connectivity index (χ4n) is 0.191. The van der Waals surface area contributed by atoms with E-state index in [0.29, 0.717) is 0 Å². The second-order valence-electron chi connectivity index (χ2n) is 1.08. The van der Waals surface area contributed by atoms with Gasteiger partial charge in [-0.25, -0.2) is 0 Å². The van der Waals surface area contributed by atoms with Crippen molar-refractivity contribution in [1.29, 1.82) is 0 Å². The molecule has 0 aromatic heterocycles. The van der Waals surface area contributed by atoms with Crippen molar-refractivity contribution in [1.82, 2.24) is 0 Å². The lowest BCUT2D eigenvalue weighted by atomic mass is 10.5. The molecule has 0 aromatic carbocycles. The second-order valence-corrected chi connectivity index (χ2v) is 1.08. The lowest BCUT2D eigenvalue weighted by Gasteiger charge is -1.72. The summed E-state index contributed by atoms with van der Waals surface area (Å²) in [6.45, 7) is 1.85. The Morgan fingerprint density at radius 3 is 2.38 bits per heavy atom. The number of hydrogen-bond donors (Lipinski definition) is 0. The van der Waals surface area contributed by atoms with E-state index in [-0.39, 0.29) is 7.43 Å². The van der Waals surface area contributed by atoms with Gasteiger partial charge in [0.25, 0.3) is 0 Å². The highest BCUT2D eigenvalue weighted by molar-refractivity contribution is 4.68. The number of rotatable bonds is 2. The van der Waals surface area contributed by atoms with Crippen molar-refractivity contribution < 1.29 is 4.92 Å². The van der Waals surface area contributed by atoms with Crippen molar-refractivity contribution in [2.75, 3.05) is 0 Å². The Kier molecular flexibility index (Phi) is 7.82. The number of nitrogens with zero attached hydrogens (tertiary/aromatic N) is 1. The van der Waals surface area contributed by atoms with Crippen LogP contribution >= 0.6 is 0 Å². The first kappa shape index (κ1) is 10.2. The van der Waals surface area contributed by atoms with Crippen molar-refractivity contribution in [3.63, 3.8) is 0 Å². The van der Waals surface area contributed by atoms with E-state index in [1.807, 2.05) is 6.92 Å². The fourth-order valence-corrected chi connectivity index (χ4v) is 0.191. The molecule has 0 saturated heterocycles. The first-order chi connectivity index (χ1) is 3.27. The van der Waals surface area contributed by atoms with Crippen molar-refractivity contribution >= 4 is 0 Å². The Hall–Kier alpha value is -0.860. The monoisotopic (exact) mass is 117 g/mol. The summed E-state index contributed by atoms with van der Waals surface area (Å²) in [7, 11) is 0. The molecule has 3 nitrogen and oxygen atoms in total. The highest BCUT2D eigenvalue weighted by atomic mass is 16.6. The van der Waals surface area contributed by atoms with Gasteiger partial charge in [-0.3, -0.25) is 10.1 Å². The van der Waals surface area contributed by atoms with Gasteiger partial charge in [-0.2, -0.15) is 0 Å². The van der Waals surface area contributed by atoms with E-state index in [4.69, 9.17) is 0 Å². The van der Waals surface area contributed by atoms with Gasteiger partial charge in [-0.05, 0) is 12.5 Å². The van der Waals surface area contributed by atoms with Gasteiger partial charge < -0.3 is 0 Å². The Bertz CT molecular complexity index is 88.4. The third-order valence-corrected chi connectivity index (χ3v) is 0.463. The molecule has 0 saturated carbocycles. The first-order valence-corrected chi connectivity index (χ1v) is 2.07. The number of allylic oxidation sites excluding steroid dienone is 1. The fraction of sp³-hybridized carbons (Fsp3) is 0.600. The smallest absolute Gasteiger partial charge is 0.230 e. The van der Waals surface area contributed by atoms with Crippen molar-refractivity contribution in [3.05, 3.63) is 22.4 Å². The molecule has 0 rings (SSSR count). The maximum Gasteiger partial charge on any atom is 0.230 e. The van der Waals surface area contributed by atoms with Crippen LogP contribution in [0.5, 0.6) is 0 Å². The summed E-state index contributed by atoms with van der Waals surface area (Å²) < 4.78 is 0. The molecule has 0 atom stereocenters. The van der Waals surface area contributed by atoms with Crippen LogP contribution in [0.2, 0.25) is 0 Å². The van der Waals surface area contributed by atoms with E-state index in [0.717, 1.165) is 12.6 Å². The minimum atomic E-state index is -0.469. The second kappa shape index (κ2) is 6.14. The average molecular weight is 117 g/mol. The minimum absolute atomic E-state index is 0. The molecule has 0 aliphatic heterocycles. The van der Waals surface area contributed by atoms with Crippen molar-refractivity contribution in [3.8, 4) is 0 Å². The van der Waals surface area contributed by atoms with Gasteiger partial charge in [0, 0.05) is 0 Å². The topological polar surface area (TPSA) is 43.1 Å². The molecule has 0 N–H and O–H groups in total. The molecule has 8 heavy (non-hydrogen) atoms. The Balaban J connectivity index is 0. The molecule has 3 heteroatoms. The summed E-state index contributed by atoms with van der Waals surface area (Å²) in [5.74, 6) is 0. The summed E-state index contributed by atoms with van der Waals surface area (Å²) in [4.78, 5) is 9.01.